The van der Waals surface area contributed by atoms with Gasteiger partial charge < -0.3 is 14.7 Å². The molecule has 1 aromatic carbocycles. The predicted octanol–water partition coefficient (Wildman–Crippen LogP) is 2.03. The maximum atomic E-state index is 12.4. The van der Waals surface area contributed by atoms with Crippen molar-refractivity contribution in [2.45, 2.75) is 31.3 Å². The van der Waals surface area contributed by atoms with Crippen LogP contribution in [0.3, 0.4) is 0 Å². The Kier molecular flexibility index (Phi) is 3.89. The van der Waals surface area contributed by atoms with Gasteiger partial charge in [-0.15, -0.1) is 0 Å². The monoisotopic (exact) mass is 289 g/mol. The molecule has 2 aliphatic rings. The van der Waals surface area contributed by atoms with E-state index >= 15 is 0 Å². The quantitative estimate of drug-likeness (QED) is 0.871. The summed E-state index contributed by atoms with van der Waals surface area (Å²) in [7, 11) is 3.45. The van der Waals surface area contributed by atoms with Crippen LogP contribution in [0.5, 0.6) is 5.75 Å². The van der Waals surface area contributed by atoms with Crippen molar-refractivity contribution in [3.8, 4) is 5.75 Å². The molecule has 2 aliphatic carbocycles. The molecule has 4 nitrogen and oxygen atoms in total. The topological polar surface area (TPSA) is 49.8 Å². The van der Waals surface area contributed by atoms with Crippen LogP contribution in [-0.2, 0) is 4.79 Å². The highest BCUT2D eigenvalue weighted by Crippen LogP contribution is 2.49. The van der Waals surface area contributed by atoms with Crippen molar-refractivity contribution in [2.75, 3.05) is 20.7 Å². The molecule has 0 heterocycles. The predicted molar refractivity (Wildman–Crippen MR) is 80.2 cm³/mol. The standard InChI is InChI=1S/C17H23NO3/c1-18(10-16(19)11-6-7-11)17(20)15-9-14(15)12-4-3-5-13(8-12)21-2/h3-5,8,11,14-16,19H,6-7,9-10H2,1-2H3. The van der Waals surface area contributed by atoms with Gasteiger partial charge in [0, 0.05) is 19.5 Å². The first kappa shape index (κ1) is 14.4. The molecule has 0 saturated heterocycles. The average Bonchev–Trinajstić information content (AvgIpc) is 3.39. The number of likely N-dealkylation sites (N-methyl/N-ethyl adjacent to an activating group) is 1. The van der Waals surface area contributed by atoms with E-state index in [4.69, 9.17) is 4.74 Å². The fraction of sp³-hybridized carbons (Fsp3) is 0.588. The molecule has 1 amide bonds. The van der Waals surface area contributed by atoms with Gasteiger partial charge in [-0.25, -0.2) is 0 Å². The van der Waals surface area contributed by atoms with Crippen LogP contribution in [0.2, 0.25) is 0 Å². The number of carbonyl (C=O) groups excluding carboxylic acids is 1. The lowest BCUT2D eigenvalue weighted by Gasteiger charge is -2.21. The van der Waals surface area contributed by atoms with Crippen LogP contribution in [0.4, 0.5) is 0 Å². The van der Waals surface area contributed by atoms with Gasteiger partial charge in [-0.2, -0.15) is 0 Å². The fourth-order valence-electron chi connectivity index (χ4n) is 2.99. The molecule has 0 bridgehead atoms. The van der Waals surface area contributed by atoms with Crippen LogP contribution in [0.1, 0.15) is 30.7 Å². The maximum Gasteiger partial charge on any atom is 0.226 e. The van der Waals surface area contributed by atoms with Crippen molar-refractivity contribution in [1.29, 1.82) is 0 Å². The van der Waals surface area contributed by atoms with Crippen molar-refractivity contribution in [3.63, 3.8) is 0 Å². The second-order valence-corrected chi connectivity index (χ2v) is 6.35. The molecular formula is C17H23NO3. The zero-order valence-electron chi connectivity index (χ0n) is 12.7. The van der Waals surface area contributed by atoms with E-state index in [-0.39, 0.29) is 17.9 Å². The van der Waals surface area contributed by atoms with E-state index in [0.29, 0.717) is 18.4 Å². The Morgan fingerprint density at radius 3 is 2.90 bits per heavy atom. The Bertz CT molecular complexity index is 527. The third-order valence-electron chi connectivity index (χ3n) is 4.63. The minimum Gasteiger partial charge on any atom is -0.497 e. The van der Waals surface area contributed by atoms with Crippen LogP contribution in [0.15, 0.2) is 24.3 Å². The molecule has 1 N–H and O–H groups in total. The van der Waals surface area contributed by atoms with Crippen LogP contribution in [-0.4, -0.2) is 42.7 Å². The largest absolute Gasteiger partial charge is 0.497 e. The van der Waals surface area contributed by atoms with Gasteiger partial charge in [0.1, 0.15) is 5.75 Å². The number of nitrogens with zero attached hydrogens (tertiary/aromatic N) is 1. The molecule has 114 valence electrons. The zero-order valence-corrected chi connectivity index (χ0v) is 12.7. The number of hydrogen-bond acceptors (Lipinski definition) is 3. The number of benzene rings is 1. The minimum absolute atomic E-state index is 0.0634. The maximum absolute atomic E-state index is 12.4. The summed E-state index contributed by atoms with van der Waals surface area (Å²) in [6.45, 7) is 0.463. The summed E-state index contributed by atoms with van der Waals surface area (Å²) in [4.78, 5) is 14.1. The van der Waals surface area contributed by atoms with Crippen molar-refractivity contribution in [2.24, 2.45) is 11.8 Å². The van der Waals surface area contributed by atoms with Gasteiger partial charge in [0.15, 0.2) is 0 Å². The molecule has 3 rings (SSSR count). The van der Waals surface area contributed by atoms with Gasteiger partial charge in [0.2, 0.25) is 5.91 Å². The first-order valence-corrected chi connectivity index (χ1v) is 7.67. The highest BCUT2D eigenvalue weighted by Gasteiger charge is 2.45. The van der Waals surface area contributed by atoms with E-state index in [2.05, 4.69) is 6.07 Å². The van der Waals surface area contributed by atoms with Gasteiger partial charge in [0.05, 0.1) is 13.2 Å². The van der Waals surface area contributed by atoms with Crippen LogP contribution >= 0.6 is 0 Å². The van der Waals surface area contributed by atoms with Crippen molar-refractivity contribution >= 4 is 5.91 Å². The summed E-state index contributed by atoms with van der Waals surface area (Å²) in [5.74, 6) is 1.76. The number of carbonyl (C=O) groups is 1. The lowest BCUT2D eigenvalue weighted by molar-refractivity contribution is -0.132. The van der Waals surface area contributed by atoms with E-state index in [0.717, 1.165) is 25.0 Å². The first-order chi connectivity index (χ1) is 10.1. The van der Waals surface area contributed by atoms with Gasteiger partial charge in [0.25, 0.3) is 0 Å². The van der Waals surface area contributed by atoms with E-state index in [1.807, 2.05) is 18.2 Å². The summed E-state index contributed by atoms with van der Waals surface area (Å²) in [5.41, 5.74) is 1.17. The molecule has 0 aliphatic heterocycles. The summed E-state index contributed by atoms with van der Waals surface area (Å²) in [6, 6.07) is 7.95. The Morgan fingerprint density at radius 1 is 1.48 bits per heavy atom. The highest BCUT2D eigenvalue weighted by molar-refractivity contribution is 5.82. The van der Waals surface area contributed by atoms with Crippen molar-refractivity contribution in [1.82, 2.24) is 4.90 Å². The first-order valence-electron chi connectivity index (χ1n) is 7.67. The van der Waals surface area contributed by atoms with E-state index in [1.165, 1.54) is 5.56 Å². The highest BCUT2D eigenvalue weighted by atomic mass is 16.5. The van der Waals surface area contributed by atoms with E-state index in [1.54, 1.807) is 19.1 Å². The Labute approximate surface area is 125 Å². The number of rotatable bonds is 6. The van der Waals surface area contributed by atoms with Gasteiger partial charge in [-0.05, 0) is 48.8 Å². The number of amides is 1. The SMILES string of the molecule is COc1cccc(C2CC2C(=O)N(C)CC(O)C2CC2)c1. The van der Waals surface area contributed by atoms with Gasteiger partial charge >= 0.3 is 0 Å². The third kappa shape index (κ3) is 3.21. The molecule has 1 aromatic rings. The molecule has 21 heavy (non-hydrogen) atoms. The van der Waals surface area contributed by atoms with E-state index < -0.39 is 0 Å². The minimum atomic E-state index is -0.354. The second kappa shape index (κ2) is 5.68. The number of ether oxygens (including phenoxy) is 1. The van der Waals surface area contributed by atoms with Crippen LogP contribution in [0, 0.1) is 11.8 Å². The normalized spacial score (nSPS) is 25.3. The molecule has 4 heteroatoms. The average molecular weight is 289 g/mol. The molecule has 3 unspecified atom stereocenters. The van der Waals surface area contributed by atoms with Crippen molar-refractivity contribution in [3.05, 3.63) is 29.8 Å². The Hall–Kier alpha value is -1.55. The molecular weight excluding hydrogens is 266 g/mol. The number of hydrogen-bond donors (Lipinski definition) is 1. The molecule has 0 aromatic heterocycles. The lowest BCUT2D eigenvalue weighted by atomic mass is 10.1. The Morgan fingerprint density at radius 2 is 2.24 bits per heavy atom. The van der Waals surface area contributed by atoms with Crippen LogP contribution in [0.25, 0.3) is 0 Å². The number of aliphatic hydroxyl groups is 1. The van der Waals surface area contributed by atoms with Gasteiger partial charge in [-0.3, -0.25) is 4.79 Å². The fourth-order valence-corrected chi connectivity index (χ4v) is 2.99. The summed E-state index contributed by atoms with van der Waals surface area (Å²) in [6.07, 6.45) is 2.74. The summed E-state index contributed by atoms with van der Waals surface area (Å²) < 4.78 is 5.23. The Balaban J connectivity index is 1.57. The smallest absolute Gasteiger partial charge is 0.226 e. The second-order valence-electron chi connectivity index (χ2n) is 6.35. The van der Waals surface area contributed by atoms with Gasteiger partial charge in [-0.1, -0.05) is 12.1 Å². The molecule has 0 spiro atoms. The lowest BCUT2D eigenvalue weighted by Crippen LogP contribution is -2.36. The molecule has 2 fully saturated rings. The van der Waals surface area contributed by atoms with E-state index in [9.17, 15) is 9.90 Å². The molecule has 3 atom stereocenters. The zero-order chi connectivity index (χ0) is 15.0. The molecule has 2 saturated carbocycles. The van der Waals surface area contributed by atoms with Crippen molar-refractivity contribution < 1.29 is 14.6 Å². The molecule has 0 radical (unpaired) electrons. The summed E-state index contributed by atoms with van der Waals surface area (Å²) in [5, 5.41) is 9.95. The summed E-state index contributed by atoms with van der Waals surface area (Å²) >= 11 is 0. The van der Waals surface area contributed by atoms with Crippen LogP contribution < -0.4 is 4.74 Å². The number of methoxy groups -OCH3 is 1. The number of aliphatic hydroxyl groups excluding tert-OH is 1. The third-order valence-corrected chi connectivity index (χ3v) is 4.63.